The van der Waals surface area contributed by atoms with Crippen LogP contribution in [-0.2, 0) is 9.47 Å². The second-order valence-electron chi connectivity index (χ2n) is 5.23. The molecule has 0 aromatic carbocycles. The molecule has 1 amide bonds. The summed E-state index contributed by atoms with van der Waals surface area (Å²) in [5, 5.41) is 6.05. The molecule has 108 valence electrons. The van der Waals surface area contributed by atoms with E-state index in [1.54, 1.807) is 7.11 Å². The first-order valence-corrected chi connectivity index (χ1v) is 6.62. The summed E-state index contributed by atoms with van der Waals surface area (Å²) < 4.78 is 10.1. The van der Waals surface area contributed by atoms with Crippen molar-refractivity contribution in [3.63, 3.8) is 0 Å². The van der Waals surface area contributed by atoms with Gasteiger partial charge in [0.05, 0.1) is 0 Å². The molecule has 0 radical (unpaired) electrons. The number of hydrogen-bond donors (Lipinski definition) is 2. The number of alkyl carbamates (subject to hydrolysis) is 1. The molecule has 0 rings (SSSR count). The lowest BCUT2D eigenvalue weighted by Crippen LogP contribution is -2.34. The molecule has 0 spiro atoms. The van der Waals surface area contributed by atoms with Crippen LogP contribution in [0.3, 0.4) is 0 Å². The minimum absolute atomic E-state index is 0.345. The molecule has 0 fully saturated rings. The fraction of sp³-hybridized carbons (Fsp3) is 0.923. The SMILES string of the molecule is COCCCCNCCCNC(=O)OC(C)(C)C. The Morgan fingerprint density at radius 1 is 1.06 bits per heavy atom. The van der Waals surface area contributed by atoms with Gasteiger partial charge in [0, 0.05) is 20.3 Å². The standard InChI is InChI=1S/C13H28N2O3/c1-13(2,3)18-12(16)15-10-7-9-14-8-5-6-11-17-4/h14H,5-11H2,1-4H3,(H,15,16). The van der Waals surface area contributed by atoms with Crippen LogP contribution in [0.2, 0.25) is 0 Å². The van der Waals surface area contributed by atoms with E-state index in [9.17, 15) is 4.79 Å². The maximum atomic E-state index is 11.3. The average molecular weight is 260 g/mol. The number of carbonyl (C=O) groups is 1. The van der Waals surface area contributed by atoms with Crippen LogP contribution in [-0.4, -0.2) is 45.0 Å². The molecule has 5 heteroatoms. The van der Waals surface area contributed by atoms with E-state index in [0.717, 1.165) is 39.0 Å². The van der Waals surface area contributed by atoms with E-state index in [1.165, 1.54) is 0 Å². The highest BCUT2D eigenvalue weighted by atomic mass is 16.6. The number of nitrogens with one attached hydrogen (secondary N) is 2. The summed E-state index contributed by atoms with van der Waals surface area (Å²) in [5.41, 5.74) is -0.427. The topological polar surface area (TPSA) is 59.6 Å². The summed E-state index contributed by atoms with van der Waals surface area (Å²) in [6, 6.07) is 0. The van der Waals surface area contributed by atoms with Crippen LogP contribution in [0.1, 0.15) is 40.0 Å². The smallest absolute Gasteiger partial charge is 0.407 e. The molecule has 0 aromatic heterocycles. The van der Waals surface area contributed by atoms with Gasteiger partial charge in [0.25, 0.3) is 0 Å². The third-order valence-electron chi connectivity index (χ3n) is 2.15. The Kier molecular flexibility index (Phi) is 9.69. The number of amides is 1. The predicted octanol–water partition coefficient (Wildman–Crippen LogP) is 1.92. The second kappa shape index (κ2) is 10.1. The van der Waals surface area contributed by atoms with Crippen LogP contribution >= 0.6 is 0 Å². The zero-order chi connectivity index (χ0) is 13.9. The average Bonchev–Trinajstić information content (AvgIpc) is 2.24. The first-order chi connectivity index (χ1) is 8.45. The summed E-state index contributed by atoms with van der Waals surface area (Å²) in [6.45, 7) is 8.93. The molecular weight excluding hydrogens is 232 g/mol. The Hall–Kier alpha value is -0.810. The molecule has 5 nitrogen and oxygen atoms in total. The van der Waals surface area contributed by atoms with E-state index in [0.29, 0.717) is 6.54 Å². The van der Waals surface area contributed by atoms with Gasteiger partial charge in [-0.15, -0.1) is 0 Å². The summed E-state index contributed by atoms with van der Waals surface area (Å²) in [6.07, 6.45) is 2.76. The van der Waals surface area contributed by atoms with E-state index in [-0.39, 0.29) is 6.09 Å². The number of ether oxygens (including phenoxy) is 2. The van der Waals surface area contributed by atoms with Crippen LogP contribution in [0.25, 0.3) is 0 Å². The molecule has 0 aliphatic carbocycles. The Balaban J connectivity index is 3.23. The highest BCUT2D eigenvalue weighted by Crippen LogP contribution is 2.06. The molecule has 0 saturated carbocycles. The largest absolute Gasteiger partial charge is 0.444 e. The van der Waals surface area contributed by atoms with Crippen LogP contribution < -0.4 is 10.6 Å². The van der Waals surface area contributed by atoms with Crippen LogP contribution in [0.15, 0.2) is 0 Å². The number of rotatable bonds is 9. The van der Waals surface area contributed by atoms with Gasteiger partial charge in [-0.3, -0.25) is 0 Å². The van der Waals surface area contributed by atoms with Gasteiger partial charge in [0.15, 0.2) is 0 Å². The zero-order valence-electron chi connectivity index (χ0n) is 12.2. The number of unbranched alkanes of at least 4 members (excludes halogenated alkanes) is 1. The lowest BCUT2D eigenvalue weighted by atomic mass is 10.2. The van der Waals surface area contributed by atoms with Gasteiger partial charge in [-0.1, -0.05) is 0 Å². The van der Waals surface area contributed by atoms with Gasteiger partial charge >= 0.3 is 6.09 Å². The van der Waals surface area contributed by atoms with Gasteiger partial charge in [0.2, 0.25) is 0 Å². The van der Waals surface area contributed by atoms with Crippen molar-refractivity contribution in [2.24, 2.45) is 0 Å². The van der Waals surface area contributed by atoms with Gasteiger partial charge in [-0.25, -0.2) is 4.79 Å². The van der Waals surface area contributed by atoms with Crippen molar-refractivity contribution in [3.05, 3.63) is 0 Å². The lowest BCUT2D eigenvalue weighted by molar-refractivity contribution is 0.0527. The molecule has 0 atom stereocenters. The number of carbonyl (C=O) groups excluding carboxylic acids is 1. The molecule has 0 bridgehead atoms. The fourth-order valence-electron chi connectivity index (χ4n) is 1.34. The van der Waals surface area contributed by atoms with Gasteiger partial charge < -0.3 is 20.1 Å². The third kappa shape index (κ3) is 13.3. The van der Waals surface area contributed by atoms with E-state index in [4.69, 9.17) is 9.47 Å². The normalized spacial score (nSPS) is 11.3. The van der Waals surface area contributed by atoms with Gasteiger partial charge in [-0.05, 0) is 53.1 Å². The predicted molar refractivity (Wildman–Crippen MR) is 72.8 cm³/mol. The summed E-state index contributed by atoms with van der Waals surface area (Å²) in [4.78, 5) is 11.3. The molecule has 0 saturated heterocycles. The molecule has 0 unspecified atom stereocenters. The van der Waals surface area contributed by atoms with Crippen molar-refractivity contribution in [3.8, 4) is 0 Å². The van der Waals surface area contributed by atoms with Crippen molar-refractivity contribution >= 4 is 6.09 Å². The molecule has 0 aliphatic rings. The van der Waals surface area contributed by atoms with E-state index < -0.39 is 5.60 Å². The van der Waals surface area contributed by atoms with E-state index in [2.05, 4.69) is 10.6 Å². The fourth-order valence-corrected chi connectivity index (χ4v) is 1.34. The highest BCUT2D eigenvalue weighted by molar-refractivity contribution is 5.67. The van der Waals surface area contributed by atoms with E-state index >= 15 is 0 Å². The zero-order valence-corrected chi connectivity index (χ0v) is 12.2. The van der Waals surface area contributed by atoms with Crippen molar-refractivity contribution in [1.29, 1.82) is 0 Å². The summed E-state index contributed by atoms with van der Waals surface area (Å²) in [7, 11) is 1.72. The number of methoxy groups -OCH3 is 1. The molecule has 0 heterocycles. The third-order valence-corrected chi connectivity index (χ3v) is 2.15. The van der Waals surface area contributed by atoms with Crippen molar-refractivity contribution < 1.29 is 14.3 Å². The second-order valence-corrected chi connectivity index (χ2v) is 5.23. The molecule has 0 aromatic rings. The quantitative estimate of drug-likeness (QED) is 0.622. The van der Waals surface area contributed by atoms with Crippen LogP contribution in [0, 0.1) is 0 Å². The maximum Gasteiger partial charge on any atom is 0.407 e. The summed E-state index contributed by atoms with van der Waals surface area (Å²) >= 11 is 0. The van der Waals surface area contributed by atoms with Crippen LogP contribution in [0.5, 0.6) is 0 Å². The maximum absolute atomic E-state index is 11.3. The highest BCUT2D eigenvalue weighted by Gasteiger charge is 2.15. The molecule has 2 N–H and O–H groups in total. The lowest BCUT2D eigenvalue weighted by Gasteiger charge is -2.19. The minimum atomic E-state index is -0.427. The molecule has 0 aliphatic heterocycles. The van der Waals surface area contributed by atoms with Crippen molar-refractivity contribution in [2.45, 2.75) is 45.6 Å². The molecular formula is C13H28N2O3. The van der Waals surface area contributed by atoms with Crippen molar-refractivity contribution in [2.75, 3.05) is 33.4 Å². The van der Waals surface area contributed by atoms with Gasteiger partial charge in [0.1, 0.15) is 5.60 Å². The first-order valence-electron chi connectivity index (χ1n) is 6.62. The Morgan fingerprint density at radius 2 is 1.72 bits per heavy atom. The van der Waals surface area contributed by atoms with Crippen LogP contribution in [0.4, 0.5) is 4.79 Å². The first kappa shape index (κ1) is 17.2. The Labute approximate surface area is 111 Å². The summed E-state index contributed by atoms with van der Waals surface area (Å²) in [5.74, 6) is 0. The Morgan fingerprint density at radius 3 is 2.33 bits per heavy atom. The van der Waals surface area contributed by atoms with Gasteiger partial charge in [-0.2, -0.15) is 0 Å². The molecule has 18 heavy (non-hydrogen) atoms. The van der Waals surface area contributed by atoms with E-state index in [1.807, 2.05) is 20.8 Å². The van der Waals surface area contributed by atoms with Crippen molar-refractivity contribution in [1.82, 2.24) is 10.6 Å². The Bertz CT molecular complexity index is 215. The monoisotopic (exact) mass is 260 g/mol. The number of hydrogen-bond acceptors (Lipinski definition) is 4. The minimum Gasteiger partial charge on any atom is -0.444 e.